The Kier molecular flexibility index (Phi) is 4.54. The van der Waals surface area contributed by atoms with Crippen LogP contribution in [0.3, 0.4) is 0 Å². The summed E-state index contributed by atoms with van der Waals surface area (Å²) in [4.78, 5) is 4.12. The second-order valence-electron chi connectivity index (χ2n) is 4.02. The maximum absolute atomic E-state index is 9.27. The molecule has 2 N–H and O–H groups in total. The summed E-state index contributed by atoms with van der Waals surface area (Å²) < 4.78 is 0.807. The molecule has 1 rings (SSSR count). The minimum absolute atomic E-state index is 0.0741. The van der Waals surface area contributed by atoms with Gasteiger partial charge in [0.15, 0.2) is 0 Å². The van der Waals surface area contributed by atoms with Crippen molar-refractivity contribution in [3.8, 4) is 0 Å². The van der Waals surface area contributed by atoms with Crippen LogP contribution in [0.4, 0.5) is 5.69 Å². The monoisotopic (exact) mass is 272 g/mol. The van der Waals surface area contributed by atoms with Crippen LogP contribution in [0.1, 0.15) is 20.3 Å². The number of aliphatic hydroxyl groups excluding tert-OH is 1. The van der Waals surface area contributed by atoms with Gasteiger partial charge in [0.05, 0.1) is 12.3 Å². The summed E-state index contributed by atoms with van der Waals surface area (Å²) in [5.74, 6) is 0. The highest BCUT2D eigenvalue weighted by Gasteiger charge is 2.20. The van der Waals surface area contributed by atoms with Gasteiger partial charge in [0, 0.05) is 18.2 Å². The largest absolute Gasteiger partial charge is 0.396 e. The number of anilines is 1. The Bertz CT molecular complexity index is 313. The molecule has 0 aliphatic carbocycles. The molecule has 15 heavy (non-hydrogen) atoms. The van der Waals surface area contributed by atoms with Crippen molar-refractivity contribution in [2.45, 2.75) is 20.3 Å². The fraction of sp³-hybridized carbons (Fsp3) is 0.545. The van der Waals surface area contributed by atoms with Gasteiger partial charge in [0.1, 0.15) is 4.60 Å². The van der Waals surface area contributed by atoms with E-state index in [4.69, 9.17) is 0 Å². The smallest absolute Gasteiger partial charge is 0.129 e. The lowest BCUT2D eigenvalue weighted by Gasteiger charge is -2.26. The summed E-state index contributed by atoms with van der Waals surface area (Å²) in [5.41, 5.74) is 0.889. The number of hydrogen-bond acceptors (Lipinski definition) is 3. The van der Waals surface area contributed by atoms with Crippen LogP contribution in [0.5, 0.6) is 0 Å². The van der Waals surface area contributed by atoms with Gasteiger partial charge in [0.2, 0.25) is 0 Å². The van der Waals surface area contributed by atoms with Gasteiger partial charge in [-0.15, -0.1) is 0 Å². The highest BCUT2D eigenvalue weighted by molar-refractivity contribution is 9.10. The summed E-state index contributed by atoms with van der Waals surface area (Å²) in [6.07, 6.45) is 2.68. The van der Waals surface area contributed by atoms with Gasteiger partial charge < -0.3 is 10.4 Å². The van der Waals surface area contributed by atoms with Gasteiger partial charge in [-0.1, -0.05) is 13.8 Å². The Morgan fingerprint density at radius 1 is 1.60 bits per heavy atom. The first-order valence-corrected chi connectivity index (χ1v) is 5.86. The molecule has 1 atom stereocenters. The van der Waals surface area contributed by atoms with Gasteiger partial charge in [-0.05, 0) is 34.5 Å². The molecule has 0 fully saturated rings. The van der Waals surface area contributed by atoms with Crippen LogP contribution in [0.15, 0.2) is 22.9 Å². The van der Waals surface area contributed by atoms with E-state index in [9.17, 15) is 5.11 Å². The topological polar surface area (TPSA) is 45.1 Å². The van der Waals surface area contributed by atoms with E-state index >= 15 is 0 Å². The second-order valence-corrected chi connectivity index (χ2v) is 4.77. The number of aliphatic hydroxyl groups is 1. The van der Waals surface area contributed by atoms with Crippen molar-refractivity contribution in [2.75, 3.05) is 18.5 Å². The number of nitrogens with zero attached hydrogens (tertiary/aromatic N) is 1. The predicted molar refractivity (Wildman–Crippen MR) is 65.9 cm³/mol. The van der Waals surface area contributed by atoms with Crippen LogP contribution in [-0.4, -0.2) is 23.2 Å². The molecule has 3 nitrogen and oxygen atoms in total. The van der Waals surface area contributed by atoms with Crippen molar-refractivity contribution in [3.63, 3.8) is 0 Å². The minimum atomic E-state index is -0.0741. The van der Waals surface area contributed by atoms with Crippen LogP contribution in [0, 0.1) is 5.41 Å². The zero-order valence-corrected chi connectivity index (χ0v) is 10.7. The van der Waals surface area contributed by atoms with Gasteiger partial charge in [0.25, 0.3) is 0 Å². The third-order valence-electron chi connectivity index (χ3n) is 2.70. The van der Waals surface area contributed by atoms with E-state index in [0.29, 0.717) is 0 Å². The van der Waals surface area contributed by atoms with Gasteiger partial charge >= 0.3 is 0 Å². The highest BCUT2D eigenvalue weighted by Crippen LogP contribution is 2.23. The molecule has 0 amide bonds. The van der Waals surface area contributed by atoms with E-state index in [1.54, 1.807) is 6.20 Å². The first-order valence-electron chi connectivity index (χ1n) is 5.06. The summed E-state index contributed by atoms with van der Waals surface area (Å²) in [6.45, 7) is 5.07. The molecule has 1 aromatic rings. The van der Waals surface area contributed by atoms with Crippen molar-refractivity contribution in [1.29, 1.82) is 0 Å². The van der Waals surface area contributed by atoms with E-state index in [2.05, 4.69) is 40.1 Å². The molecule has 1 heterocycles. The van der Waals surface area contributed by atoms with Gasteiger partial charge in [-0.3, -0.25) is 0 Å². The Hall–Kier alpha value is -0.610. The van der Waals surface area contributed by atoms with Crippen LogP contribution in [0.25, 0.3) is 0 Å². The average Bonchev–Trinajstić information content (AvgIpc) is 2.28. The molecule has 0 aliphatic rings. The average molecular weight is 273 g/mol. The predicted octanol–water partition coefficient (Wildman–Crippen LogP) is 2.66. The fourth-order valence-electron chi connectivity index (χ4n) is 1.12. The molecular formula is C11H17BrN2O. The van der Waals surface area contributed by atoms with Crippen molar-refractivity contribution < 1.29 is 5.11 Å². The Labute approximate surface area is 99.1 Å². The third kappa shape index (κ3) is 3.47. The number of hydrogen-bond donors (Lipinski definition) is 2. The number of pyridine rings is 1. The molecule has 4 heteroatoms. The van der Waals surface area contributed by atoms with Crippen molar-refractivity contribution in [2.24, 2.45) is 5.41 Å². The summed E-state index contributed by atoms with van der Waals surface area (Å²) in [6, 6.07) is 3.85. The first-order chi connectivity index (χ1) is 7.11. The van der Waals surface area contributed by atoms with Crippen LogP contribution in [0.2, 0.25) is 0 Å². The molecule has 1 unspecified atom stereocenters. The van der Waals surface area contributed by atoms with Crippen molar-refractivity contribution in [1.82, 2.24) is 4.98 Å². The molecule has 84 valence electrons. The van der Waals surface area contributed by atoms with E-state index in [-0.39, 0.29) is 12.0 Å². The lowest BCUT2D eigenvalue weighted by atomic mass is 9.88. The van der Waals surface area contributed by atoms with E-state index in [1.807, 2.05) is 12.1 Å². The number of aromatic nitrogens is 1. The Morgan fingerprint density at radius 3 is 2.87 bits per heavy atom. The number of rotatable bonds is 5. The molecule has 0 radical (unpaired) electrons. The molecule has 0 bridgehead atoms. The van der Waals surface area contributed by atoms with E-state index in [0.717, 1.165) is 23.3 Å². The van der Waals surface area contributed by atoms with Gasteiger partial charge in [-0.2, -0.15) is 0 Å². The molecular weight excluding hydrogens is 256 g/mol. The number of halogens is 1. The van der Waals surface area contributed by atoms with Crippen LogP contribution >= 0.6 is 15.9 Å². The first kappa shape index (κ1) is 12.5. The molecule has 0 spiro atoms. The van der Waals surface area contributed by atoms with Crippen molar-refractivity contribution in [3.05, 3.63) is 22.9 Å². The normalized spacial score (nSPS) is 14.7. The third-order valence-corrected chi connectivity index (χ3v) is 3.33. The summed E-state index contributed by atoms with van der Waals surface area (Å²) in [5, 5.41) is 12.6. The maximum Gasteiger partial charge on any atom is 0.129 e. The lowest BCUT2D eigenvalue weighted by molar-refractivity contribution is 0.149. The zero-order valence-electron chi connectivity index (χ0n) is 9.13. The lowest BCUT2D eigenvalue weighted by Crippen LogP contribution is -2.29. The molecule has 0 aliphatic heterocycles. The molecule has 0 saturated carbocycles. The maximum atomic E-state index is 9.27. The molecule has 0 aromatic carbocycles. The SMILES string of the molecule is CCC(C)(CO)CNc1cccnc1Br. The standard InChI is InChI=1S/C11H17BrN2O/c1-3-11(2,8-15)7-14-9-5-4-6-13-10(9)12/h4-6,14-15H,3,7-8H2,1-2H3. The Morgan fingerprint density at radius 2 is 2.33 bits per heavy atom. The van der Waals surface area contributed by atoms with E-state index in [1.165, 1.54) is 0 Å². The number of nitrogens with one attached hydrogen (secondary N) is 1. The highest BCUT2D eigenvalue weighted by atomic mass is 79.9. The summed E-state index contributed by atoms with van der Waals surface area (Å²) in [7, 11) is 0. The zero-order chi connectivity index (χ0) is 11.3. The quantitative estimate of drug-likeness (QED) is 0.811. The molecule has 0 saturated heterocycles. The minimum Gasteiger partial charge on any atom is -0.396 e. The van der Waals surface area contributed by atoms with Crippen LogP contribution < -0.4 is 5.32 Å². The second kappa shape index (κ2) is 5.47. The molecule has 1 aromatic heterocycles. The van der Waals surface area contributed by atoms with E-state index < -0.39 is 0 Å². The fourth-order valence-corrected chi connectivity index (χ4v) is 1.51. The van der Waals surface area contributed by atoms with Crippen molar-refractivity contribution >= 4 is 21.6 Å². The van der Waals surface area contributed by atoms with Gasteiger partial charge in [-0.25, -0.2) is 4.98 Å². The summed E-state index contributed by atoms with van der Waals surface area (Å²) >= 11 is 3.37. The Balaban J connectivity index is 2.61. The van der Waals surface area contributed by atoms with Crippen LogP contribution in [-0.2, 0) is 0 Å².